The predicted molar refractivity (Wildman–Crippen MR) is 107 cm³/mol. The summed E-state index contributed by atoms with van der Waals surface area (Å²) in [5, 5.41) is 0. The average molecular weight is 373 g/mol. The lowest BCUT2D eigenvalue weighted by atomic mass is 10.0. The number of aryl methyl sites for hydroxylation is 1. The molecule has 0 unspecified atom stereocenters. The number of hydrogen-bond donors (Lipinski definition) is 0. The predicted octanol–water partition coefficient (Wildman–Crippen LogP) is 3.88. The van der Waals surface area contributed by atoms with Crippen LogP contribution in [-0.4, -0.2) is 38.9 Å². The van der Waals surface area contributed by atoms with Crippen LogP contribution < -0.4 is 4.90 Å². The second-order valence-corrected chi connectivity index (χ2v) is 9.07. The molecule has 0 spiro atoms. The van der Waals surface area contributed by atoms with E-state index in [-0.39, 0.29) is 0 Å². The van der Waals surface area contributed by atoms with Crippen molar-refractivity contribution in [2.75, 3.05) is 31.1 Å². The van der Waals surface area contributed by atoms with E-state index in [2.05, 4.69) is 49.9 Å². The third-order valence-corrected chi connectivity index (χ3v) is 7.05. The van der Waals surface area contributed by atoms with Gasteiger partial charge in [-0.1, -0.05) is 45.0 Å². The van der Waals surface area contributed by atoms with Crippen LogP contribution in [0.2, 0.25) is 0 Å². The molecular formula is C21H28N2O2S. The SMILES string of the molecule is CCc1ccc(S(=O)(=O)N2CCN(c3ccc(C(C)C)cc3)CC2)cc1. The van der Waals surface area contributed by atoms with E-state index >= 15 is 0 Å². The van der Waals surface area contributed by atoms with E-state index in [1.807, 2.05) is 12.1 Å². The third-order valence-electron chi connectivity index (χ3n) is 5.13. The van der Waals surface area contributed by atoms with Crippen LogP contribution in [-0.2, 0) is 16.4 Å². The summed E-state index contributed by atoms with van der Waals surface area (Å²) < 4.78 is 27.3. The van der Waals surface area contributed by atoms with Crippen molar-refractivity contribution in [3.63, 3.8) is 0 Å². The van der Waals surface area contributed by atoms with Gasteiger partial charge in [-0.05, 0) is 47.7 Å². The van der Waals surface area contributed by atoms with Crippen LogP contribution in [0.5, 0.6) is 0 Å². The molecule has 0 amide bonds. The fourth-order valence-corrected chi connectivity index (χ4v) is 4.73. The molecule has 0 aromatic heterocycles. The molecule has 1 saturated heterocycles. The number of anilines is 1. The van der Waals surface area contributed by atoms with Gasteiger partial charge in [0.25, 0.3) is 0 Å². The normalized spacial score (nSPS) is 16.2. The molecule has 3 rings (SSSR count). The molecule has 1 fully saturated rings. The van der Waals surface area contributed by atoms with Gasteiger partial charge in [0.15, 0.2) is 0 Å². The topological polar surface area (TPSA) is 40.6 Å². The Morgan fingerprint density at radius 1 is 0.885 bits per heavy atom. The highest BCUT2D eigenvalue weighted by Gasteiger charge is 2.28. The number of benzene rings is 2. The fourth-order valence-electron chi connectivity index (χ4n) is 3.30. The maximum Gasteiger partial charge on any atom is 0.243 e. The zero-order valence-electron chi connectivity index (χ0n) is 15.9. The van der Waals surface area contributed by atoms with Crippen LogP contribution in [0.15, 0.2) is 53.4 Å². The molecule has 26 heavy (non-hydrogen) atoms. The minimum absolute atomic E-state index is 0.393. The standard InChI is InChI=1S/C21H28N2O2S/c1-4-18-5-11-21(12-6-18)26(24,25)23-15-13-22(14-16-23)20-9-7-19(8-10-20)17(2)3/h5-12,17H,4,13-16H2,1-3H3. The van der Waals surface area contributed by atoms with Crippen molar-refractivity contribution in [3.8, 4) is 0 Å². The minimum Gasteiger partial charge on any atom is -0.369 e. The maximum absolute atomic E-state index is 12.9. The number of nitrogens with zero attached hydrogens (tertiary/aromatic N) is 2. The third kappa shape index (κ3) is 3.94. The zero-order chi connectivity index (χ0) is 18.7. The van der Waals surface area contributed by atoms with Crippen molar-refractivity contribution in [2.24, 2.45) is 0 Å². The molecule has 140 valence electrons. The average Bonchev–Trinajstić information content (AvgIpc) is 2.68. The van der Waals surface area contributed by atoms with Gasteiger partial charge in [0.05, 0.1) is 4.90 Å². The van der Waals surface area contributed by atoms with Crippen LogP contribution in [0.25, 0.3) is 0 Å². The Morgan fingerprint density at radius 3 is 1.96 bits per heavy atom. The largest absolute Gasteiger partial charge is 0.369 e. The number of sulfonamides is 1. The zero-order valence-corrected chi connectivity index (χ0v) is 16.7. The Balaban J connectivity index is 1.67. The quantitative estimate of drug-likeness (QED) is 0.800. The molecule has 4 nitrogen and oxygen atoms in total. The summed E-state index contributed by atoms with van der Waals surface area (Å²) in [4.78, 5) is 2.65. The highest BCUT2D eigenvalue weighted by molar-refractivity contribution is 7.89. The van der Waals surface area contributed by atoms with Crippen molar-refractivity contribution in [2.45, 2.75) is 38.0 Å². The highest BCUT2D eigenvalue weighted by Crippen LogP contribution is 2.23. The minimum atomic E-state index is -3.40. The van der Waals surface area contributed by atoms with Gasteiger partial charge in [0.2, 0.25) is 10.0 Å². The van der Waals surface area contributed by atoms with E-state index in [1.54, 1.807) is 16.4 Å². The van der Waals surface area contributed by atoms with Crippen LogP contribution in [0.1, 0.15) is 37.8 Å². The van der Waals surface area contributed by atoms with Crippen molar-refractivity contribution in [1.29, 1.82) is 0 Å². The fraction of sp³-hybridized carbons (Fsp3) is 0.429. The molecule has 0 aliphatic carbocycles. The second-order valence-electron chi connectivity index (χ2n) is 7.13. The number of hydrogen-bond acceptors (Lipinski definition) is 3. The van der Waals surface area contributed by atoms with Crippen LogP contribution in [0.3, 0.4) is 0 Å². The highest BCUT2D eigenvalue weighted by atomic mass is 32.2. The van der Waals surface area contributed by atoms with Gasteiger partial charge in [-0.15, -0.1) is 0 Å². The van der Waals surface area contributed by atoms with E-state index in [0.29, 0.717) is 37.0 Å². The second kappa shape index (κ2) is 7.80. The molecule has 0 atom stereocenters. The van der Waals surface area contributed by atoms with E-state index in [4.69, 9.17) is 0 Å². The summed E-state index contributed by atoms with van der Waals surface area (Å²) in [6.45, 7) is 8.90. The first kappa shape index (κ1) is 18.9. The van der Waals surface area contributed by atoms with Gasteiger partial charge in [-0.25, -0.2) is 8.42 Å². The first-order chi connectivity index (χ1) is 12.4. The Labute approximate surface area is 157 Å². The van der Waals surface area contributed by atoms with Crippen molar-refractivity contribution in [1.82, 2.24) is 4.31 Å². The van der Waals surface area contributed by atoms with Gasteiger partial charge < -0.3 is 4.90 Å². The van der Waals surface area contributed by atoms with Crippen LogP contribution in [0.4, 0.5) is 5.69 Å². The summed E-state index contributed by atoms with van der Waals surface area (Å²) in [7, 11) is -3.40. The maximum atomic E-state index is 12.9. The molecule has 1 heterocycles. The molecule has 2 aromatic rings. The summed E-state index contributed by atoms with van der Waals surface area (Å²) in [6, 6.07) is 15.9. The molecule has 1 aliphatic rings. The Hall–Kier alpha value is -1.85. The van der Waals surface area contributed by atoms with Crippen LogP contribution >= 0.6 is 0 Å². The Morgan fingerprint density at radius 2 is 1.46 bits per heavy atom. The molecule has 5 heteroatoms. The lowest BCUT2D eigenvalue weighted by Gasteiger charge is -2.35. The van der Waals surface area contributed by atoms with Gasteiger partial charge in [-0.3, -0.25) is 0 Å². The first-order valence-electron chi connectivity index (χ1n) is 9.36. The molecule has 0 radical (unpaired) electrons. The lowest BCUT2D eigenvalue weighted by molar-refractivity contribution is 0.385. The van der Waals surface area contributed by atoms with E-state index in [9.17, 15) is 8.42 Å². The molecule has 2 aromatic carbocycles. The number of piperazine rings is 1. The van der Waals surface area contributed by atoms with E-state index in [0.717, 1.165) is 12.0 Å². The monoisotopic (exact) mass is 372 g/mol. The van der Waals surface area contributed by atoms with Gasteiger partial charge >= 0.3 is 0 Å². The van der Waals surface area contributed by atoms with Crippen molar-refractivity contribution < 1.29 is 8.42 Å². The van der Waals surface area contributed by atoms with Crippen molar-refractivity contribution in [3.05, 3.63) is 59.7 Å². The van der Waals surface area contributed by atoms with Gasteiger partial charge in [0.1, 0.15) is 0 Å². The molecular weight excluding hydrogens is 344 g/mol. The molecule has 0 N–H and O–H groups in total. The summed E-state index contributed by atoms with van der Waals surface area (Å²) in [5.74, 6) is 0.519. The van der Waals surface area contributed by atoms with Gasteiger partial charge in [-0.2, -0.15) is 4.31 Å². The number of rotatable bonds is 5. The van der Waals surface area contributed by atoms with E-state index < -0.39 is 10.0 Å². The molecule has 0 bridgehead atoms. The van der Waals surface area contributed by atoms with Crippen LogP contribution in [0, 0.1) is 0 Å². The Bertz CT molecular complexity index is 819. The van der Waals surface area contributed by atoms with Crippen molar-refractivity contribution >= 4 is 15.7 Å². The summed E-state index contributed by atoms with van der Waals surface area (Å²) >= 11 is 0. The smallest absolute Gasteiger partial charge is 0.243 e. The van der Waals surface area contributed by atoms with E-state index in [1.165, 1.54) is 11.3 Å². The van der Waals surface area contributed by atoms with Gasteiger partial charge in [0, 0.05) is 31.9 Å². The molecule has 0 saturated carbocycles. The Kier molecular flexibility index (Phi) is 5.68. The summed E-state index contributed by atoms with van der Waals surface area (Å²) in [5.41, 5.74) is 3.64. The molecule has 1 aliphatic heterocycles. The first-order valence-corrected chi connectivity index (χ1v) is 10.8. The lowest BCUT2D eigenvalue weighted by Crippen LogP contribution is -2.48. The summed E-state index contributed by atoms with van der Waals surface area (Å²) in [6.07, 6.45) is 0.911.